The van der Waals surface area contributed by atoms with Crippen molar-refractivity contribution < 1.29 is 10.2 Å². The van der Waals surface area contributed by atoms with Gasteiger partial charge in [0.1, 0.15) is 0 Å². The average molecular weight is 258 g/mol. The minimum Gasteiger partial charge on any atom is -0.396 e. The molecule has 0 aromatic heterocycles. The van der Waals surface area contributed by atoms with Crippen molar-refractivity contribution in [3.8, 4) is 0 Å². The summed E-state index contributed by atoms with van der Waals surface area (Å²) >= 11 is 0. The summed E-state index contributed by atoms with van der Waals surface area (Å²) in [6, 6.07) is 0. The maximum atomic E-state index is 9.76. The Bertz CT molecular complexity index is 157. The topological polar surface area (TPSA) is 40.5 Å². The molecule has 2 unspecified atom stereocenters. The van der Waals surface area contributed by atoms with Gasteiger partial charge in [-0.25, -0.2) is 0 Å². The van der Waals surface area contributed by atoms with Crippen LogP contribution >= 0.6 is 0 Å². The SMILES string of the molecule is CCCCCC(CCCCCCCCO)C(C)O. The zero-order chi connectivity index (χ0) is 13.6. The average Bonchev–Trinajstić information content (AvgIpc) is 2.35. The Balaban J connectivity index is 3.46. The Hall–Kier alpha value is -0.0800. The maximum absolute atomic E-state index is 9.76. The molecule has 2 heteroatoms. The van der Waals surface area contributed by atoms with Crippen LogP contribution in [0, 0.1) is 5.92 Å². The second-order valence-electron chi connectivity index (χ2n) is 5.63. The molecule has 0 saturated carbocycles. The van der Waals surface area contributed by atoms with Crippen LogP contribution in [0.2, 0.25) is 0 Å². The summed E-state index contributed by atoms with van der Waals surface area (Å²) in [6.45, 7) is 4.50. The van der Waals surface area contributed by atoms with Gasteiger partial charge in [0, 0.05) is 6.61 Å². The Morgan fingerprint density at radius 2 is 1.28 bits per heavy atom. The number of aliphatic hydroxyl groups excluding tert-OH is 2. The summed E-state index contributed by atoms with van der Waals surface area (Å²) in [6.07, 6.45) is 13.2. The lowest BCUT2D eigenvalue weighted by atomic mass is 9.90. The molecular formula is C16H34O2. The van der Waals surface area contributed by atoms with Crippen LogP contribution in [0.5, 0.6) is 0 Å². The minimum atomic E-state index is -0.142. The lowest BCUT2D eigenvalue weighted by molar-refractivity contribution is 0.111. The predicted molar refractivity (Wildman–Crippen MR) is 78.7 cm³/mol. The molecule has 0 radical (unpaired) electrons. The zero-order valence-corrected chi connectivity index (χ0v) is 12.5. The Kier molecular flexibility index (Phi) is 13.3. The standard InChI is InChI=1S/C16H34O2/c1-3-4-9-12-16(15(2)18)13-10-7-5-6-8-11-14-17/h15-18H,3-14H2,1-2H3. The Labute approximate surface area is 114 Å². The second-order valence-corrected chi connectivity index (χ2v) is 5.63. The van der Waals surface area contributed by atoms with E-state index in [4.69, 9.17) is 5.11 Å². The van der Waals surface area contributed by atoms with E-state index in [0.717, 1.165) is 12.8 Å². The molecule has 0 rings (SSSR count). The van der Waals surface area contributed by atoms with Gasteiger partial charge in [-0.15, -0.1) is 0 Å². The largest absolute Gasteiger partial charge is 0.396 e. The van der Waals surface area contributed by atoms with E-state index in [-0.39, 0.29) is 6.10 Å². The van der Waals surface area contributed by atoms with Crippen molar-refractivity contribution in [2.24, 2.45) is 5.92 Å². The van der Waals surface area contributed by atoms with E-state index in [1.165, 1.54) is 57.8 Å². The summed E-state index contributed by atoms with van der Waals surface area (Å²) in [5, 5.41) is 18.4. The molecule has 0 aromatic rings. The Morgan fingerprint density at radius 1 is 0.778 bits per heavy atom. The van der Waals surface area contributed by atoms with Crippen LogP contribution in [0.25, 0.3) is 0 Å². The first kappa shape index (κ1) is 17.9. The molecule has 0 aromatic carbocycles. The summed E-state index contributed by atoms with van der Waals surface area (Å²) in [7, 11) is 0. The van der Waals surface area contributed by atoms with Gasteiger partial charge in [0.25, 0.3) is 0 Å². The fourth-order valence-corrected chi connectivity index (χ4v) is 2.51. The molecule has 0 aliphatic heterocycles. The van der Waals surface area contributed by atoms with Gasteiger partial charge < -0.3 is 10.2 Å². The minimum absolute atomic E-state index is 0.142. The lowest BCUT2D eigenvalue weighted by Crippen LogP contribution is -2.16. The predicted octanol–water partition coefficient (Wildman–Crippen LogP) is 4.29. The van der Waals surface area contributed by atoms with Crippen LogP contribution < -0.4 is 0 Å². The van der Waals surface area contributed by atoms with Gasteiger partial charge in [0.05, 0.1) is 6.10 Å². The monoisotopic (exact) mass is 258 g/mol. The molecule has 0 aliphatic rings. The third kappa shape index (κ3) is 11.0. The highest BCUT2D eigenvalue weighted by atomic mass is 16.3. The highest BCUT2D eigenvalue weighted by molar-refractivity contribution is 4.65. The molecule has 2 atom stereocenters. The van der Waals surface area contributed by atoms with Crippen molar-refractivity contribution in [1.29, 1.82) is 0 Å². The number of unbranched alkanes of at least 4 members (excludes halogenated alkanes) is 7. The fourth-order valence-electron chi connectivity index (χ4n) is 2.51. The molecule has 2 N–H and O–H groups in total. The highest BCUT2D eigenvalue weighted by Gasteiger charge is 2.13. The van der Waals surface area contributed by atoms with Gasteiger partial charge in [0.15, 0.2) is 0 Å². The van der Waals surface area contributed by atoms with Crippen molar-refractivity contribution in [2.45, 2.75) is 90.6 Å². The Morgan fingerprint density at radius 3 is 1.78 bits per heavy atom. The normalized spacial score (nSPS) is 14.7. The summed E-state index contributed by atoms with van der Waals surface area (Å²) in [5.41, 5.74) is 0. The van der Waals surface area contributed by atoms with Crippen LogP contribution in [0.1, 0.15) is 84.5 Å². The lowest BCUT2D eigenvalue weighted by Gasteiger charge is -2.19. The molecule has 0 fully saturated rings. The van der Waals surface area contributed by atoms with Gasteiger partial charge in [-0.2, -0.15) is 0 Å². The number of aliphatic hydroxyl groups is 2. The van der Waals surface area contributed by atoms with Gasteiger partial charge in [-0.05, 0) is 32.1 Å². The van der Waals surface area contributed by atoms with Crippen molar-refractivity contribution in [2.75, 3.05) is 6.61 Å². The van der Waals surface area contributed by atoms with Crippen LogP contribution in [0.15, 0.2) is 0 Å². The van der Waals surface area contributed by atoms with Crippen LogP contribution in [0.4, 0.5) is 0 Å². The van der Waals surface area contributed by atoms with Gasteiger partial charge in [-0.1, -0.05) is 58.3 Å². The van der Waals surface area contributed by atoms with Crippen molar-refractivity contribution in [3.05, 3.63) is 0 Å². The maximum Gasteiger partial charge on any atom is 0.0540 e. The van der Waals surface area contributed by atoms with Gasteiger partial charge in [0.2, 0.25) is 0 Å². The molecular weight excluding hydrogens is 224 g/mol. The van der Waals surface area contributed by atoms with Crippen LogP contribution in [-0.2, 0) is 0 Å². The third-order valence-corrected chi connectivity index (χ3v) is 3.84. The summed E-state index contributed by atoms with van der Waals surface area (Å²) in [5.74, 6) is 0.508. The fraction of sp³-hybridized carbons (Fsp3) is 1.00. The molecule has 0 spiro atoms. The molecule has 2 nitrogen and oxygen atoms in total. The van der Waals surface area contributed by atoms with Gasteiger partial charge in [-0.3, -0.25) is 0 Å². The number of rotatable bonds is 13. The summed E-state index contributed by atoms with van der Waals surface area (Å²) in [4.78, 5) is 0. The van der Waals surface area contributed by atoms with E-state index in [1.807, 2.05) is 6.92 Å². The second kappa shape index (κ2) is 13.4. The molecule has 0 aliphatic carbocycles. The van der Waals surface area contributed by atoms with Crippen LogP contribution in [-0.4, -0.2) is 22.9 Å². The van der Waals surface area contributed by atoms with E-state index >= 15 is 0 Å². The van der Waals surface area contributed by atoms with E-state index in [0.29, 0.717) is 12.5 Å². The van der Waals surface area contributed by atoms with Crippen molar-refractivity contribution >= 4 is 0 Å². The number of hydrogen-bond acceptors (Lipinski definition) is 2. The first-order valence-electron chi connectivity index (χ1n) is 8.01. The van der Waals surface area contributed by atoms with E-state index in [9.17, 15) is 5.11 Å². The van der Waals surface area contributed by atoms with Crippen molar-refractivity contribution in [1.82, 2.24) is 0 Å². The zero-order valence-electron chi connectivity index (χ0n) is 12.5. The smallest absolute Gasteiger partial charge is 0.0540 e. The molecule has 110 valence electrons. The highest BCUT2D eigenvalue weighted by Crippen LogP contribution is 2.21. The number of hydrogen-bond donors (Lipinski definition) is 2. The molecule has 0 bridgehead atoms. The molecule has 18 heavy (non-hydrogen) atoms. The van der Waals surface area contributed by atoms with E-state index in [2.05, 4.69) is 6.92 Å². The van der Waals surface area contributed by atoms with E-state index < -0.39 is 0 Å². The molecule has 0 amide bonds. The van der Waals surface area contributed by atoms with Gasteiger partial charge >= 0.3 is 0 Å². The van der Waals surface area contributed by atoms with Crippen LogP contribution in [0.3, 0.4) is 0 Å². The molecule has 0 saturated heterocycles. The van der Waals surface area contributed by atoms with E-state index in [1.54, 1.807) is 0 Å². The molecule has 0 heterocycles. The first-order chi connectivity index (χ1) is 8.72. The van der Waals surface area contributed by atoms with Crippen molar-refractivity contribution in [3.63, 3.8) is 0 Å². The summed E-state index contributed by atoms with van der Waals surface area (Å²) < 4.78 is 0. The third-order valence-electron chi connectivity index (χ3n) is 3.84. The quantitative estimate of drug-likeness (QED) is 0.484. The first-order valence-corrected chi connectivity index (χ1v) is 8.01.